The summed E-state index contributed by atoms with van der Waals surface area (Å²) in [7, 11) is -1.29. The largest absolute Gasteiger partial charge is 0.440 e. The number of benzene rings is 1. The average molecular weight is 189 g/mol. The van der Waals surface area contributed by atoms with Crippen molar-refractivity contribution in [3.8, 4) is 0 Å². The number of hydrogen-bond acceptors (Lipinski definition) is 3. The van der Waals surface area contributed by atoms with Crippen LogP contribution in [0.5, 0.6) is 0 Å². The molecule has 1 aromatic rings. The van der Waals surface area contributed by atoms with Crippen molar-refractivity contribution in [1.29, 1.82) is 0 Å². The van der Waals surface area contributed by atoms with E-state index in [-0.39, 0.29) is 6.00 Å². The van der Waals surface area contributed by atoms with E-state index in [1.165, 1.54) is 0 Å². The Morgan fingerprint density at radius 2 is 2.00 bits per heavy atom. The molecule has 1 rings (SSSR count). The molecule has 0 radical (unpaired) electrons. The number of hydrogen-bond donors (Lipinski definition) is 0. The monoisotopic (exact) mass is 188 g/mol. The van der Waals surface area contributed by atoms with Gasteiger partial charge in [-0.15, -0.1) is 11.6 Å². The van der Waals surface area contributed by atoms with Crippen LogP contribution in [-0.4, -0.2) is 6.00 Å². The summed E-state index contributed by atoms with van der Waals surface area (Å²) in [5.74, 6) is 0. The lowest BCUT2D eigenvalue weighted by molar-refractivity contribution is 0.599. The first kappa shape index (κ1) is 8.56. The Morgan fingerprint density at radius 3 is 2.55 bits per heavy atom. The zero-order valence-corrected chi connectivity index (χ0v) is 7.31. The highest BCUT2D eigenvalue weighted by Gasteiger charge is 1.77. The van der Waals surface area contributed by atoms with Crippen LogP contribution in [0.3, 0.4) is 0 Å². The van der Waals surface area contributed by atoms with Gasteiger partial charge in [0.25, 0.3) is 0 Å². The molecule has 0 N–H and O–H groups in total. The van der Waals surface area contributed by atoms with Crippen LogP contribution in [0.15, 0.2) is 39.6 Å². The van der Waals surface area contributed by atoms with Gasteiger partial charge in [0.05, 0.1) is 6.00 Å². The fraction of sp³-hybridized carbons (Fsp3) is 0.143. The van der Waals surface area contributed by atoms with E-state index in [2.05, 4.69) is 4.36 Å². The van der Waals surface area contributed by atoms with Crippen molar-refractivity contribution in [1.82, 2.24) is 0 Å². The van der Waals surface area contributed by atoms with Gasteiger partial charge in [-0.25, -0.2) is 0 Å². The number of nitrogens with zero attached hydrogens (tertiary/aromatic N) is 1. The maximum atomic E-state index is 11.1. The predicted molar refractivity (Wildman–Crippen MR) is 45.9 cm³/mol. The molecule has 0 aromatic heterocycles. The molecule has 2 nitrogen and oxygen atoms in total. The predicted octanol–water partition coefficient (Wildman–Crippen LogP) is 2.39. The molecule has 0 saturated carbocycles. The molecule has 4 heteroatoms. The minimum atomic E-state index is -1.29. The molecule has 60 valence electrons. The van der Waals surface area contributed by atoms with Crippen molar-refractivity contribution in [2.24, 2.45) is 4.36 Å². The molecule has 0 aliphatic heterocycles. The number of alkyl halides is 1. The molecule has 0 aliphatic rings. The van der Waals surface area contributed by atoms with Crippen molar-refractivity contribution in [2.75, 3.05) is 6.00 Å². The Kier molecular flexibility index (Phi) is 3.39. The van der Waals surface area contributed by atoms with Crippen LogP contribution in [0, 0.1) is 0 Å². The highest BCUT2D eigenvalue weighted by molar-refractivity contribution is 7.74. The summed E-state index contributed by atoms with van der Waals surface area (Å²) in [5.41, 5.74) is 0. The molecule has 11 heavy (non-hydrogen) atoms. The molecule has 0 spiro atoms. The van der Waals surface area contributed by atoms with Crippen molar-refractivity contribution in [3.63, 3.8) is 0 Å². The zero-order valence-electron chi connectivity index (χ0n) is 5.74. The summed E-state index contributed by atoms with van der Waals surface area (Å²) in [4.78, 5) is 0.688. The quantitative estimate of drug-likeness (QED) is 0.398. The Balaban J connectivity index is 2.95. The van der Waals surface area contributed by atoms with Gasteiger partial charge in [-0.3, -0.25) is 0 Å². The lowest BCUT2D eigenvalue weighted by atomic mass is 10.4. The van der Waals surface area contributed by atoms with E-state index in [0.29, 0.717) is 4.90 Å². The Labute approximate surface area is 72.4 Å². The Hall–Kier alpha value is -0.540. The van der Waals surface area contributed by atoms with E-state index in [9.17, 15) is 4.21 Å². The first-order valence-corrected chi connectivity index (χ1v) is 4.69. The fourth-order valence-electron chi connectivity index (χ4n) is 0.656. The van der Waals surface area contributed by atoms with E-state index < -0.39 is 10.6 Å². The third-order valence-electron chi connectivity index (χ3n) is 1.11. The SMILES string of the molecule is O=[S-](=NCCl)c1ccccc1. The van der Waals surface area contributed by atoms with Crippen LogP contribution in [0.4, 0.5) is 0 Å². The lowest BCUT2D eigenvalue weighted by Crippen LogP contribution is -1.77. The van der Waals surface area contributed by atoms with Gasteiger partial charge in [-0.2, -0.15) is 10.6 Å². The fourth-order valence-corrected chi connectivity index (χ4v) is 1.55. The normalized spacial score (nSPS) is 13.2. The Bertz CT molecular complexity index is 293. The highest BCUT2D eigenvalue weighted by Crippen LogP contribution is 2.01. The molecule has 0 heterocycles. The van der Waals surface area contributed by atoms with E-state index in [1.807, 2.05) is 18.2 Å². The van der Waals surface area contributed by atoms with Gasteiger partial charge in [-0.1, -0.05) is 35.2 Å². The van der Waals surface area contributed by atoms with Gasteiger partial charge in [-0.05, 0) is 0 Å². The van der Waals surface area contributed by atoms with Gasteiger partial charge in [0.1, 0.15) is 0 Å². The second-order valence-electron chi connectivity index (χ2n) is 1.81. The molecular formula is C7H7ClNOS-. The van der Waals surface area contributed by atoms with Crippen LogP contribution in [0.1, 0.15) is 0 Å². The molecule has 0 unspecified atom stereocenters. The van der Waals surface area contributed by atoms with Crippen molar-refractivity contribution in [3.05, 3.63) is 30.3 Å². The average Bonchev–Trinajstić information content (AvgIpc) is 2.07. The van der Waals surface area contributed by atoms with Crippen LogP contribution in [-0.2, 0) is 14.8 Å². The Morgan fingerprint density at radius 1 is 1.36 bits per heavy atom. The first-order chi connectivity index (χ1) is 5.34. The maximum Gasteiger partial charge on any atom is 0.0884 e. The smallest absolute Gasteiger partial charge is 0.0884 e. The minimum absolute atomic E-state index is 0.0709. The van der Waals surface area contributed by atoms with Crippen LogP contribution in [0.25, 0.3) is 0 Å². The lowest BCUT2D eigenvalue weighted by Gasteiger charge is -2.01. The molecule has 1 aromatic carbocycles. The minimum Gasteiger partial charge on any atom is -0.440 e. The number of halogens is 1. The van der Waals surface area contributed by atoms with Crippen molar-refractivity contribution < 1.29 is 4.21 Å². The molecule has 0 amide bonds. The maximum absolute atomic E-state index is 11.1. The second-order valence-corrected chi connectivity index (χ2v) is 3.28. The van der Waals surface area contributed by atoms with E-state index in [4.69, 9.17) is 11.6 Å². The molecule has 0 atom stereocenters. The van der Waals surface area contributed by atoms with Gasteiger partial charge in [0, 0.05) is 0 Å². The standard InChI is InChI=1S/C7H7ClNOS/c8-6-9-11(10)7-4-2-1-3-5-7/h1-5H,6H2/q-1. The van der Waals surface area contributed by atoms with Crippen LogP contribution < -0.4 is 0 Å². The molecule has 0 bridgehead atoms. The summed E-state index contributed by atoms with van der Waals surface area (Å²) in [6.45, 7) is 0. The molecule has 0 aliphatic carbocycles. The summed E-state index contributed by atoms with van der Waals surface area (Å²) in [6, 6.07) is 9.08. The molecular weight excluding hydrogens is 182 g/mol. The molecule has 0 saturated heterocycles. The second kappa shape index (κ2) is 4.36. The topological polar surface area (TPSA) is 29.4 Å². The van der Waals surface area contributed by atoms with Crippen LogP contribution >= 0.6 is 11.6 Å². The van der Waals surface area contributed by atoms with Gasteiger partial charge in [0.15, 0.2) is 0 Å². The number of rotatable bonds is 2. The summed E-state index contributed by atoms with van der Waals surface area (Å²) in [5, 5.41) is 0. The van der Waals surface area contributed by atoms with Crippen LogP contribution in [0.2, 0.25) is 0 Å². The van der Waals surface area contributed by atoms with Gasteiger partial charge in [0.2, 0.25) is 0 Å². The highest BCUT2D eigenvalue weighted by atomic mass is 35.5. The van der Waals surface area contributed by atoms with Crippen molar-refractivity contribution >= 4 is 22.2 Å². The van der Waals surface area contributed by atoms with E-state index >= 15 is 0 Å². The molecule has 0 fully saturated rings. The van der Waals surface area contributed by atoms with Crippen molar-refractivity contribution in [2.45, 2.75) is 4.90 Å². The van der Waals surface area contributed by atoms with E-state index in [0.717, 1.165) is 0 Å². The third-order valence-corrected chi connectivity index (χ3v) is 2.41. The third kappa shape index (κ3) is 2.52. The van der Waals surface area contributed by atoms with Gasteiger partial charge >= 0.3 is 0 Å². The van der Waals surface area contributed by atoms with Gasteiger partial charge < -0.3 is 8.57 Å². The zero-order chi connectivity index (χ0) is 8.10. The summed E-state index contributed by atoms with van der Waals surface area (Å²) < 4.78 is 14.7. The summed E-state index contributed by atoms with van der Waals surface area (Å²) in [6.07, 6.45) is 0. The van der Waals surface area contributed by atoms with E-state index in [1.54, 1.807) is 12.1 Å². The summed E-state index contributed by atoms with van der Waals surface area (Å²) >= 11 is 5.29. The first-order valence-electron chi connectivity index (χ1n) is 3.05.